The molecule has 0 bridgehead atoms. The smallest absolute Gasteiger partial charge is 0.0571 e. The Labute approximate surface area is 95.3 Å². The van der Waals surface area contributed by atoms with E-state index < -0.39 is 0 Å². The van der Waals surface area contributed by atoms with E-state index in [1.165, 1.54) is 12.8 Å². The molecule has 0 amide bonds. The van der Waals surface area contributed by atoms with E-state index >= 15 is 0 Å². The van der Waals surface area contributed by atoms with Crippen LogP contribution < -0.4 is 0 Å². The Morgan fingerprint density at radius 1 is 1.07 bits per heavy atom. The third-order valence-electron chi connectivity index (χ3n) is 4.01. The Bertz CT molecular complexity index is 180. The second kappa shape index (κ2) is 5.34. The summed E-state index contributed by atoms with van der Waals surface area (Å²) in [5, 5.41) is 10.2. The van der Waals surface area contributed by atoms with Crippen molar-refractivity contribution in [3.8, 4) is 0 Å². The maximum absolute atomic E-state index is 10.2. The minimum absolute atomic E-state index is 0.0991. The van der Waals surface area contributed by atoms with Gasteiger partial charge in [-0.05, 0) is 48.9 Å². The molecule has 1 rings (SSSR count). The monoisotopic (exact) mass is 212 g/mol. The van der Waals surface area contributed by atoms with Crippen LogP contribution in [0.25, 0.3) is 0 Å². The molecule has 0 spiro atoms. The molecular weight excluding hydrogens is 184 g/mol. The minimum atomic E-state index is -0.0991. The van der Waals surface area contributed by atoms with Crippen molar-refractivity contribution in [2.75, 3.05) is 0 Å². The second-order valence-corrected chi connectivity index (χ2v) is 5.96. The fourth-order valence-corrected chi connectivity index (χ4v) is 3.20. The van der Waals surface area contributed by atoms with Gasteiger partial charge >= 0.3 is 0 Å². The fourth-order valence-electron chi connectivity index (χ4n) is 3.20. The summed E-state index contributed by atoms with van der Waals surface area (Å²) in [6, 6.07) is 0. The largest absolute Gasteiger partial charge is 0.393 e. The van der Waals surface area contributed by atoms with Gasteiger partial charge in [0.1, 0.15) is 0 Å². The van der Waals surface area contributed by atoms with E-state index in [4.69, 9.17) is 0 Å². The molecule has 90 valence electrons. The molecular formula is C14H28O. The molecule has 1 saturated carbocycles. The summed E-state index contributed by atoms with van der Waals surface area (Å²) >= 11 is 0. The highest BCUT2D eigenvalue weighted by Gasteiger charge is 2.41. The highest BCUT2D eigenvalue weighted by molar-refractivity contribution is 4.90. The molecule has 3 unspecified atom stereocenters. The van der Waals surface area contributed by atoms with Gasteiger partial charge in [-0.2, -0.15) is 0 Å². The van der Waals surface area contributed by atoms with Crippen molar-refractivity contribution < 1.29 is 5.11 Å². The van der Waals surface area contributed by atoms with Crippen molar-refractivity contribution in [3.63, 3.8) is 0 Å². The van der Waals surface area contributed by atoms with Crippen LogP contribution >= 0.6 is 0 Å². The summed E-state index contributed by atoms with van der Waals surface area (Å²) in [5.74, 6) is 3.46. The average molecular weight is 212 g/mol. The van der Waals surface area contributed by atoms with E-state index in [-0.39, 0.29) is 6.10 Å². The number of aliphatic hydroxyl groups is 1. The summed E-state index contributed by atoms with van der Waals surface area (Å²) in [7, 11) is 0. The molecule has 0 heterocycles. The third kappa shape index (κ3) is 3.21. The normalized spacial score (nSPS) is 23.2. The summed E-state index contributed by atoms with van der Waals surface area (Å²) in [5.41, 5.74) is 0. The first kappa shape index (κ1) is 13.0. The van der Waals surface area contributed by atoms with E-state index in [0.717, 1.165) is 18.3 Å². The molecule has 0 radical (unpaired) electrons. The predicted octanol–water partition coefficient (Wildman–Crippen LogP) is 3.71. The number of hydrogen-bond donors (Lipinski definition) is 1. The Morgan fingerprint density at radius 2 is 1.60 bits per heavy atom. The van der Waals surface area contributed by atoms with Gasteiger partial charge in [0.25, 0.3) is 0 Å². The Hall–Kier alpha value is -0.0400. The van der Waals surface area contributed by atoms with Crippen LogP contribution in [0.2, 0.25) is 0 Å². The summed E-state index contributed by atoms with van der Waals surface area (Å²) < 4.78 is 0. The molecule has 3 atom stereocenters. The summed E-state index contributed by atoms with van der Waals surface area (Å²) in [6.45, 7) is 11.3. The fraction of sp³-hybridized carbons (Fsp3) is 1.00. The van der Waals surface area contributed by atoms with Crippen molar-refractivity contribution in [2.24, 2.45) is 29.6 Å². The van der Waals surface area contributed by atoms with Crippen LogP contribution in [-0.2, 0) is 0 Å². The van der Waals surface area contributed by atoms with Crippen LogP contribution in [0.3, 0.4) is 0 Å². The van der Waals surface area contributed by atoms with Gasteiger partial charge in [-0.15, -0.1) is 0 Å². The van der Waals surface area contributed by atoms with E-state index in [1.54, 1.807) is 0 Å². The summed E-state index contributed by atoms with van der Waals surface area (Å²) in [6.07, 6.45) is 3.59. The molecule has 0 aromatic rings. The molecule has 0 aliphatic heterocycles. The van der Waals surface area contributed by atoms with Crippen LogP contribution in [0, 0.1) is 29.6 Å². The maximum atomic E-state index is 10.2. The van der Waals surface area contributed by atoms with Crippen molar-refractivity contribution in [3.05, 3.63) is 0 Å². The van der Waals surface area contributed by atoms with Gasteiger partial charge in [0.2, 0.25) is 0 Å². The quantitative estimate of drug-likeness (QED) is 0.711. The minimum Gasteiger partial charge on any atom is -0.393 e. The Balaban J connectivity index is 2.74. The molecule has 1 aliphatic carbocycles. The van der Waals surface area contributed by atoms with Gasteiger partial charge in [0.05, 0.1) is 6.10 Å². The lowest BCUT2D eigenvalue weighted by Crippen LogP contribution is -2.35. The predicted molar refractivity (Wildman–Crippen MR) is 65.7 cm³/mol. The molecule has 0 saturated heterocycles. The van der Waals surface area contributed by atoms with Gasteiger partial charge in [-0.25, -0.2) is 0 Å². The van der Waals surface area contributed by atoms with E-state index in [9.17, 15) is 5.11 Å². The van der Waals surface area contributed by atoms with Crippen LogP contribution in [0.4, 0.5) is 0 Å². The Morgan fingerprint density at radius 3 is 1.87 bits per heavy atom. The van der Waals surface area contributed by atoms with Gasteiger partial charge in [-0.1, -0.05) is 34.6 Å². The van der Waals surface area contributed by atoms with Crippen molar-refractivity contribution in [1.29, 1.82) is 0 Å². The average Bonchev–Trinajstić information content (AvgIpc) is 2.94. The highest BCUT2D eigenvalue weighted by Crippen LogP contribution is 2.47. The zero-order valence-electron chi connectivity index (χ0n) is 11.0. The molecule has 0 aromatic carbocycles. The van der Waals surface area contributed by atoms with Gasteiger partial charge in [0, 0.05) is 0 Å². The second-order valence-electron chi connectivity index (χ2n) is 5.96. The lowest BCUT2D eigenvalue weighted by Gasteiger charge is -2.36. The molecule has 15 heavy (non-hydrogen) atoms. The van der Waals surface area contributed by atoms with E-state index in [2.05, 4.69) is 34.6 Å². The molecule has 1 nitrogen and oxygen atoms in total. The van der Waals surface area contributed by atoms with Crippen LogP contribution in [-0.4, -0.2) is 11.2 Å². The van der Waals surface area contributed by atoms with Crippen molar-refractivity contribution in [2.45, 2.75) is 60.0 Å². The topological polar surface area (TPSA) is 20.2 Å². The van der Waals surface area contributed by atoms with Crippen LogP contribution in [0.1, 0.15) is 53.9 Å². The Kier molecular flexibility index (Phi) is 4.64. The zero-order valence-corrected chi connectivity index (χ0v) is 11.0. The first-order valence-corrected chi connectivity index (χ1v) is 6.67. The van der Waals surface area contributed by atoms with Gasteiger partial charge in [0.15, 0.2) is 0 Å². The molecule has 1 fully saturated rings. The van der Waals surface area contributed by atoms with Gasteiger partial charge in [-0.3, -0.25) is 0 Å². The van der Waals surface area contributed by atoms with E-state index in [0.29, 0.717) is 17.8 Å². The van der Waals surface area contributed by atoms with Crippen LogP contribution in [0.5, 0.6) is 0 Å². The zero-order chi connectivity index (χ0) is 11.6. The molecule has 1 heteroatoms. The summed E-state index contributed by atoms with van der Waals surface area (Å²) in [4.78, 5) is 0. The first-order chi connectivity index (χ1) is 6.99. The van der Waals surface area contributed by atoms with E-state index in [1.807, 2.05) is 0 Å². The SMILES string of the molecule is CCC(O)C(C(C)C)C(C(C)C)C1CC1. The van der Waals surface area contributed by atoms with Crippen molar-refractivity contribution >= 4 is 0 Å². The van der Waals surface area contributed by atoms with Gasteiger partial charge < -0.3 is 5.11 Å². The first-order valence-electron chi connectivity index (χ1n) is 6.67. The lowest BCUT2D eigenvalue weighted by molar-refractivity contribution is 0.0167. The third-order valence-corrected chi connectivity index (χ3v) is 4.01. The highest BCUT2D eigenvalue weighted by atomic mass is 16.3. The number of hydrogen-bond acceptors (Lipinski definition) is 1. The molecule has 0 aromatic heterocycles. The lowest BCUT2D eigenvalue weighted by atomic mass is 9.71. The standard InChI is InChI=1S/C14H28O/c1-6-12(15)14(10(4)5)13(9(2)3)11-7-8-11/h9-15H,6-8H2,1-5H3. The maximum Gasteiger partial charge on any atom is 0.0571 e. The number of aliphatic hydroxyl groups excluding tert-OH is 1. The van der Waals surface area contributed by atoms with Crippen LogP contribution in [0.15, 0.2) is 0 Å². The molecule has 1 N–H and O–H groups in total. The number of rotatable bonds is 6. The molecule has 1 aliphatic rings. The van der Waals surface area contributed by atoms with Crippen molar-refractivity contribution in [1.82, 2.24) is 0 Å².